The van der Waals surface area contributed by atoms with Gasteiger partial charge in [-0.05, 0) is 31.0 Å². The van der Waals surface area contributed by atoms with Crippen molar-refractivity contribution in [3.05, 3.63) is 39.9 Å². The van der Waals surface area contributed by atoms with Crippen molar-refractivity contribution in [3.8, 4) is 5.75 Å². The molecule has 0 saturated heterocycles. The summed E-state index contributed by atoms with van der Waals surface area (Å²) >= 11 is 7.60. The van der Waals surface area contributed by atoms with Crippen LogP contribution in [0.3, 0.4) is 0 Å². The zero-order valence-electron chi connectivity index (χ0n) is 12.4. The van der Waals surface area contributed by atoms with Crippen molar-refractivity contribution in [1.82, 2.24) is 10.9 Å². The van der Waals surface area contributed by atoms with E-state index in [0.29, 0.717) is 27.8 Å². The number of amides is 1. The molecule has 0 aliphatic heterocycles. The van der Waals surface area contributed by atoms with Crippen LogP contribution in [0.1, 0.15) is 28.9 Å². The monoisotopic (exact) mass is 350 g/mol. The summed E-state index contributed by atoms with van der Waals surface area (Å²) in [5.74, 6) is 0.459. The summed E-state index contributed by atoms with van der Waals surface area (Å²) < 4.78 is 6.06. The van der Waals surface area contributed by atoms with Crippen LogP contribution in [-0.2, 0) is 4.79 Å². The maximum Gasteiger partial charge on any atom is 0.281 e. The van der Waals surface area contributed by atoms with Crippen LogP contribution in [-0.4, -0.2) is 18.8 Å². The largest absolute Gasteiger partial charge is 0.497 e. The number of methoxy groups -OCH3 is 1. The summed E-state index contributed by atoms with van der Waals surface area (Å²) in [6.07, 6.45) is 3.62. The second kappa shape index (κ2) is 6.60. The molecule has 1 aliphatic carbocycles. The zero-order valence-corrected chi connectivity index (χ0v) is 14.0. The molecule has 23 heavy (non-hydrogen) atoms. The van der Waals surface area contributed by atoms with Gasteiger partial charge < -0.3 is 10.2 Å². The number of halogens is 1. The zero-order chi connectivity index (χ0) is 16.4. The van der Waals surface area contributed by atoms with E-state index >= 15 is 0 Å². The number of nitrogens with one attached hydrogen (secondary N) is 2. The minimum absolute atomic E-state index is 0.0694. The van der Waals surface area contributed by atoms with E-state index in [4.69, 9.17) is 16.3 Å². The van der Waals surface area contributed by atoms with Gasteiger partial charge in [0.2, 0.25) is 0 Å². The minimum atomic E-state index is -0.325. The molecule has 1 amide bonds. The maximum atomic E-state index is 12.3. The number of benzene rings is 1. The van der Waals surface area contributed by atoms with Crippen molar-refractivity contribution < 1.29 is 14.3 Å². The van der Waals surface area contributed by atoms with Crippen LogP contribution in [0, 0.1) is 0 Å². The molecule has 0 unspecified atom stereocenters. The molecule has 1 aromatic heterocycles. The lowest BCUT2D eigenvalue weighted by Gasteiger charge is -2.14. The van der Waals surface area contributed by atoms with Gasteiger partial charge >= 0.3 is 0 Å². The van der Waals surface area contributed by atoms with Gasteiger partial charge in [-0.3, -0.25) is 15.0 Å². The van der Waals surface area contributed by atoms with Crippen molar-refractivity contribution in [2.45, 2.75) is 19.3 Å². The Balaban J connectivity index is 1.78. The molecule has 0 radical (unpaired) electrons. The molecule has 3 rings (SSSR count). The molecule has 7 heteroatoms. The predicted molar refractivity (Wildman–Crippen MR) is 90.9 cm³/mol. The Morgan fingerprint density at radius 3 is 2.91 bits per heavy atom. The summed E-state index contributed by atoms with van der Waals surface area (Å²) in [4.78, 5) is 24.1. The molecule has 120 valence electrons. The second-order valence-electron chi connectivity index (χ2n) is 5.18. The topological polar surface area (TPSA) is 67.4 Å². The van der Waals surface area contributed by atoms with E-state index in [-0.39, 0.29) is 11.7 Å². The number of carbonyl (C=O) groups is 2. The van der Waals surface area contributed by atoms with Gasteiger partial charge in [0, 0.05) is 28.3 Å². The molecule has 1 heterocycles. The number of fused-ring (bicyclic) bond motifs is 1. The summed E-state index contributed by atoms with van der Waals surface area (Å²) in [5.41, 5.74) is 6.13. The Morgan fingerprint density at radius 1 is 1.35 bits per heavy atom. The molecule has 2 N–H and O–H groups in total. The van der Waals surface area contributed by atoms with E-state index < -0.39 is 0 Å². The standard InChI is InChI=1S/C16H15ClN2O3S/c1-22-11-5-6-12-13(8-11)23-15(14(12)17)16(21)19-18-9-3-2-4-10(20)7-9/h5-8,18H,2-4H2,1H3,(H,19,21). The average Bonchev–Trinajstić information content (AvgIpc) is 2.89. The Bertz CT molecular complexity index is 813. The van der Waals surface area contributed by atoms with Crippen LogP contribution in [0.5, 0.6) is 5.75 Å². The number of hydrogen-bond donors (Lipinski definition) is 2. The fourth-order valence-electron chi connectivity index (χ4n) is 2.40. The number of carbonyl (C=O) groups excluding carboxylic acids is 2. The third-order valence-electron chi connectivity index (χ3n) is 3.58. The Morgan fingerprint density at radius 2 is 2.17 bits per heavy atom. The summed E-state index contributed by atoms with van der Waals surface area (Å²) in [7, 11) is 1.59. The van der Waals surface area contributed by atoms with Gasteiger partial charge in [-0.1, -0.05) is 11.6 Å². The van der Waals surface area contributed by atoms with Gasteiger partial charge in [0.1, 0.15) is 10.6 Å². The third kappa shape index (κ3) is 3.33. The van der Waals surface area contributed by atoms with E-state index in [1.165, 1.54) is 17.4 Å². The molecule has 0 saturated carbocycles. The van der Waals surface area contributed by atoms with Crippen molar-refractivity contribution >= 4 is 44.7 Å². The van der Waals surface area contributed by atoms with E-state index in [2.05, 4.69) is 10.9 Å². The molecule has 0 spiro atoms. The third-order valence-corrected chi connectivity index (χ3v) is 5.24. The maximum absolute atomic E-state index is 12.3. The first-order valence-corrected chi connectivity index (χ1v) is 8.33. The molecule has 0 bridgehead atoms. The van der Waals surface area contributed by atoms with Crippen LogP contribution < -0.4 is 15.6 Å². The van der Waals surface area contributed by atoms with E-state index in [1.54, 1.807) is 13.2 Å². The molecule has 0 fully saturated rings. The van der Waals surface area contributed by atoms with Crippen molar-refractivity contribution in [3.63, 3.8) is 0 Å². The van der Waals surface area contributed by atoms with Gasteiger partial charge in [-0.2, -0.15) is 0 Å². The van der Waals surface area contributed by atoms with Gasteiger partial charge in [0.15, 0.2) is 5.78 Å². The molecular weight excluding hydrogens is 336 g/mol. The van der Waals surface area contributed by atoms with E-state index in [9.17, 15) is 9.59 Å². The average molecular weight is 351 g/mol. The lowest BCUT2D eigenvalue weighted by molar-refractivity contribution is -0.115. The van der Waals surface area contributed by atoms with Gasteiger partial charge in [0.25, 0.3) is 5.91 Å². The first-order valence-electron chi connectivity index (χ1n) is 7.14. The summed E-state index contributed by atoms with van der Waals surface area (Å²) in [6, 6.07) is 5.48. The van der Waals surface area contributed by atoms with E-state index in [1.807, 2.05) is 12.1 Å². The van der Waals surface area contributed by atoms with Gasteiger partial charge in [-0.25, -0.2) is 0 Å². The highest BCUT2D eigenvalue weighted by Crippen LogP contribution is 2.37. The van der Waals surface area contributed by atoms with Gasteiger partial charge in [-0.15, -0.1) is 11.3 Å². The highest BCUT2D eigenvalue weighted by Gasteiger charge is 2.18. The van der Waals surface area contributed by atoms with Gasteiger partial charge in [0.05, 0.1) is 12.1 Å². The van der Waals surface area contributed by atoms with Crippen LogP contribution in [0.25, 0.3) is 10.1 Å². The number of hydrogen-bond acceptors (Lipinski definition) is 5. The molecular formula is C16H15ClN2O3S. The molecule has 2 aromatic rings. The Hall–Kier alpha value is -2.05. The predicted octanol–water partition coefficient (Wildman–Crippen LogP) is 3.43. The molecule has 1 aliphatic rings. The fraction of sp³-hybridized carbons (Fsp3) is 0.250. The highest BCUT2D eigenvalue weighted by atomic mass is 35.5. The summed E-state index contributed by atoms with van der Waals surface area (Å²) in [6.45, 7) is 0. The van der Waals surface area contributed by atoms with Crippen LogP contribution >= 0.6 is 22.9 Å². The fourth-order valence-corrected chi connectivity index (χ4v) is 3.84. The lowest BCUT2D eigenvalue weighted by atomic mass is 10.0. The number of ether oxygens (including phenoxy) is 1. The molecule has 5 nitrogen and oxygen atoms in total. The number of thiophene rings is 1. The number of allylic oxidation sites excluding steroid dienone is 2. The Kier molecular flexibility index (Phi) is 4.54. The quantitative estimate of drug-likeness (QED) is 0.829. The van der Waals surface area contributed by atoms with Crippen LogP contribution in [0.2, 0.25) is 5.02 Å². The number of ketones is 1. The minimum Gasteiger partial charge on any atom is -0.497 e. The lowest BCUT2D eigenvalue weighted by Crippen LogP contribution is -2.37. The van der Waals surface area contributed by atoms with Crippen molar-refractivity contribution in [1.29, 1.82) is 0 Å². The number of hydrazine groups is 1. The first-order chi connectivity index (χ1) is 11.1. The van der Waals surface area contributed by atoms with Crippen LogP contribution in [0.4, 0.5) is 0 Å². The first kappa shape index (κ1) is 15.8. The second-order valence-corrected chi connectivity index (χ2v) is 6.61. The normalized spacial score (nSPS) is 14.5. The summed E-state index contributed by atoms with van der Waals surface area (Å²) in [5, 5.41) is 1.23. The molecule has 0 atom stereocenters. The van der Waals surface area contributed by atoms with Crippen molar-refractivity contribution in [2.24, 2.45) is 0 Å². The Labute approximate surface area is 142 Å². The van der Waals surface area contributed by atoms with E-state index in [0.717, 1.165) is 22.9 Å². The van der Waals surface area contributed by atoms with Crippen molar-refractivity contribution in [2.75, 3.05) is 7.11 Å². The smallest absolute Gasteiger partial charge is 0.281 e. The SMILES string of the molecule is COc1ccc2c(Cl)c(C(=O)NNC3=CC(=O)CCC3)sc2c1. The number of rotatable bonds is 4. The molecule has 1 aromatic carbocycles. The van der Waals surface area contributed by atoms with Crippen LogP contribution in [0.15, 0.2) is 30.0 Å². The highest BCUT2D eigenvalue weighted by molar-refractivity contribution is 7.21.